The van der Waals surface area contributed by atoms with Crippen molar-refractivity contribution >= 4 is 17.4 Å². The molecule has 1 heterocycles. The maximum Gasteiger partial charge on any atom is 0.184 e. The average Bonchev–Trinajstić information content (AvgIpc) is 2.71. The van der Waals surface area contributed by atoms with E-state index in [1.165, 1.54) is 6.20 Å². The summed E-state index contributed by atoms with van der Waals surface area (Å²) in [4.78, 5) is 12.0. The fraction of sp³-hybridized carbons (Fsp3) is 0.667. The van der Waals surface area contributed by atoms with E-state index in [0.29, 0.717) is 37.0 Å². The third-order valence-electron chi connectivity index (χ3n) is 2.41. The molecule has 1 rings (SSSR count). The zero-order valence-electron chi connectivity index (χ0n) is 11.0. The number of hydrogen-bond donors (Lipinski definition) is 0. The molecule has 0 aromatic carbocycles. The van der Waals surface area contributed by atoms with Gasteiger partial charge in [-0.2, -0.15) is 5.10 Å². The summed E-state index contributed by atoms with van der Waals surface area (Å²) in [7, 11) is 1.61. The molecular formula is C12H19ClN2O3. The highest BCUT2D eigenvalue weighted by molar-refractivity contribution is 6.33. The van der Waals surface area contributed by atoms with Gasteiger partial charge in [-0.25, -0.2) is 0 Å². The Hall–Kier alpha value is -0.910. The van der Waals surface area contributed by atoms with Gasteiger partial charge in [0.2, 0.25) is 0 Å². The second kappa shape index (κ2) is 7.51. The lowest BCUT2D eigenvalue weighted by molar-refractivity contribution is 0.0637. The molecule has 0 N–H and O–H groups in total. The lowest BCUT2D eigenvalue weighted by atomic mass is 10.2. The van der Waals surface area contributed by atoms with Gasteiger partial charge in [-0.1, -0.05) is 11.6 Å². The van der Waals surface area contributed by atoms with E-state index in [2.05, 4.69) is 5.10 Å². The van der Waals surface area contributed by atoms with Gasteiger partial charge in [-0.15, -0.1) is 0 Å². The van der Waals surface area contributed by atoms with Crippen molar-refractivity contribution in [3.8, 4) is 0 Å². The van der Waals surface area contributed by atoms with Crippen molar-refractivity contribution in [3.05, 3.63) is 16.9 Å². The van der Waals surface area contributed by atoms with Crippen LogP contribution < -0.4 is 0 Å². The molecule has 0 aliphatic carbocycles. The molecule has 5 nitrogen and oxygen atoms in total. The number of halogens is 1. The molecule has 0 fully saturated rings. The van der Waals surface area contributed by atoms with Gasteiger partial charge < -0.3 is 9.47 Å². The smallest absolute Gasteiger partial charge is 0.184 e. The summed E-state index contributed by atoms with van der Waals surface area (Å²) in [5, 5.41) is 4.49. The topological polar surface area (TPSA) is 53.4 Å². The maximum absolute atomic E-state index is 12.0. The highest BCUT2D eigenvalue weighted by Crippen LogP contribution is 2.20. The SMILES string of the molecule is COCCOCCC(=O)c1c(Cl)cnn1C(C)C. The molecule has 0 aliphatic rings. The largest absolute Gasteiger partial charge is 0.382 e. The number of ether oxygens (including phenoxy) is 2. The molecule has 6 heteroatoms. The summed E-state index contributed by atoms with van der Waals surface area (Å²) < 4.78 is 11.7. The number of aromatic nitrogens is 2. The monoisotopic (exact) mass is 274 g/mol. The minimum Gasteiger partial charge on any atom is -0.382 e. The van der Waals surface area contributed by atoms with E-state index in [1.807, 2.05) is 13.8 Å². The fourth-order valence-electron chi connectivity index (χ4n) is 1.52. The summed E-state index contributed by atoms with van der Waals surface area (Å²) >= 11 is 5.98. The van der Waals surface area contributed by atoms with E-state index in [9.17, 15) is 4.79 Å². The van der Waals surface area contributed by atoms with E-state index in [0.717, 1.165) is 0 Å². The molecule has 0 atom stereocenters. The predicted octanol–water partition coefficient (Wildman–Crippen LogP) is 2.35. The lowest BCUT2D eigenvalue weighted by Crippen LogP contribution is -2.15. The van der Waals surface area contributed by atoms with Crippen LogP contribution in [0.1, 0.15) is 36.8 Å². The van der Waals surface area contributed by atoms with E-state index in [-0.39, 0.29) is 11.8 Å². The van der Waals surface area contributed by atoms with Gasteiger partial charge >= 0.3 is 0 Å². The van der Waals surface area contributed by atoms with Crippen molar-refractivity contribution < 1.29 is 14.3 Å². The first-order valence-electron chi connectivity index (χ1n) is 5.90. The Morgan fingerprint density at radius 1 is 1.44 bits per heavy atom. The number of Topliss-reactive ketones (excluding diaryl/α,β-unsaturated/α-hetero) is 1. The van der Waals surface area contributed by atoms with Crippen LogP contribution in [0.2, 0.25) is 5.02 Å². The van der Waals surface area contributed by atoms with E-state index >= 15 is 0 Å². The molecule has 102 valence electrons. The normalized spacial score (nSPS) is 11.2. The van der Waals surface area contributed by atoms with Crippen LogP contribution in [-0.2, 0) is 9.47 Å². The van der Waals surface area contributed by atoms with Gasteiger partial charge in [-0.3, -0.25) is 9.48 Å². The summed E-state index contributed by atoms with van der Waals surface area (Å²) in [6, 6.07) is 0.103. The summed E-state index contributed by atoms with van der Waals surface area (Å²) in [6.07, 6.45) is 1.79. The zero-order valence-corrected chi connectivity index (χ0v) is 11.7. The van der Waals surface area contributed by atoms with Crippen LogP contribution >= 0.6 is 11.6 Å². The van der Waals surface area contributed by atoms with Crippen LogP contribution in [0.4, 0.5) is 0 Å². The molecule has 0 saturated heterocycles. The van der Waals surface area contributed by atoms with Gasteiger partial charge in [0.25, 0.3) is 0 Å². The quantitative estimate of drug-likeness (QED) is 0.539. The molecule has 0 spiro atoms. The molecule has 0 unspecified atom stereocenters. The molecule has 0 saturated carbocycles. The Balaban J connectivity index is 2.53. The molecular weight excluding hydrogens is 256 g/mol. The van der Waals surface area contributed by atoms with E-state index in [4.69, 9.17) is 21.1 Å². The molecule has 0 amide bonds. The van der Waals surface area contributed by atoms with Gasteiger partial charge in [-0.05, 0) is 13.8 Å². The van der Waals surface area contributed by atoms with Crippen LogP contribution in [-0.4, -0.2) is 42.5 Å². The van der Waals surface area contributed by atoms with Crippen LogP contribution in [0.5, 0.6) is 0 Å². The van der Waals surface area contributed by atoms with Gasteiger partial charge in [0.15, 0.2) is 5.78 Å². The standard InChI is InChI=1S/C12H19ClN2O3/c1-9(2)15-12(10(13)8-14-15)11(16)4-5-18-7-6-17-3/h8-9H,4-7H2,1-3H3. The van der Waals surface area contributed by atoms with Gasteiger partial charge in [0, 0.05) is 19.6 Å². The maximum atomic E-state index is 12.0. The third kappa shape index (κ3) is 4.08. The van der Waals surface area contributed by atoms with Gasteiger partial charge in [0.1, 0.15) is 5.69 Å². The average molecular weight is 275 g/mol. The van der Waals surface area contributed by atoms with Crippen molar-refractivity contribution in [2.45, 2.75) is 26.3 Å². The number of ketones is 1. The van der Waals surface area contributed by atoms with Crippen LogP contribution in [0.3, 0.4) is 0 Å². The van der Waals surface area contributed by atoms with Crippen molar-refractivity contribution in [1.82, 2.24) is 9.78 Å². The lowest BCUT2D eigenvalue weighted by Gasteiger charge is -2.10. The van der Waals surface area contributed by atoms with E-state index < -0.39 is 0 Å². The van der Waals surface area contributed by atoms with Crippen molar-refractivity contribution in [3.63, 3.8) is 0 Å². The Kier molecular flexibility index (Phi) is 6.32. The van der Waals surface area contributed by atoms with Crippen LogP contribution in [0.25, 0.3) is 0 Å². The third-order valence-corrected chi connectivity index (χ3v) is 2.69. The van der Waals surface area contributed by atoms with Crippen molar-refractivity contribution in [2.24, 2.45) is 0 Å². The zero-order chi connectivity index (χ0) is 13.5. The van der Waals surface area contributed by atoms with Crippen molar-refractivity contribution in [2.75, 3.05) is 26.9 Å². The summed E-state index contributed by atoms with van der Waals surface area (Å²) in [6.45, 7) is 5.28. The molecule has 1 aromatic rings. The number of carbonyl (C=O) groups is 1. The number of hydrogen-bond acceptors (Lipinski definition) is 4. The predicted molar refractivity (Wildman–Crippen MR) is 69.3 cm³/mol. The Morgan fingerprint density at radius 2 is 2.17 bits per heavy atom. The minimum absolute atomic E-state index is 0.0522. The van der Waals surface area contributed by atoms with Crippen molar-refractivity contribution in [1.29, 1.82) is 0 Å². The Labute approximate surface area is 112 Å². The number of methoxy groups -OCH3 is 1. The molecule has 1 aromatic heterocycles. The van der Waals surface area contributed by atoms with Crippen LogP contribution in [0.15, 0.2) is 6.20 Å². The Morgan fingerprint density at radius 3 is 2.78 bits per heavy atom. The second-order valence-corrected chi connectivity index (χ2v) is 4.56. The first-order chi connectivity index (χ1) is 8.57. The first-order valence-corrected chi connectivity index (χ1v) is 6.28. The molecule has 0 aliphatic heterocycles. The highest BCUT2D eigenvalue weighted by atomic mass is 35.5. The highest BCUT2D eigenvalue weighted by Gasteiger charge is 2.18. The number of nitrogens with zero attached hydrogens (tertiary/aromatic N) is 2. The minimum atomic E-state index is -0.0522. The van der Waals surface area contributed by atoms with Crippen LogP contribution in [0, 0.1) is 0 Å². The first kappa shape index (κ1) is 15.1. The molecule has 18 heavy (non-hydrogen) atoms. The van der Waals surface area contributed by atoms with Gasteiger partial charge in [0.05, 0.1) is 31.0 Å². The number of carbonyl (C=O) groups excluding carboxylic acids is 1. The molecule has 0 bridgehead atoms. The van der Waals surface area contributed by atoms with E-state index in [1.54, 1.807) is 11.8 Å². The number of rotatable bonds is 8. The molecule has 0 radical (unpaired) electrons. The summed E-state index contributed by atoms with van der Waals surface area (Å²) in [5.74, 6) is -0.0522. The summed E-state index contributed by atoms with van der Waals surface area (Å²) in [5.41, 5.74) is 0.460. The second-order valence-electron chi connectivity index (χ2n) is 4.16. The fourth-order valence-corrected chi connectivity index (χ4v) is 1.76. The Bertz CT molecular complexity index is 391.